The van der Waals surface area contributed by atoms with Gasteiger partial charge in [-0.1, -0.05) is 24.9 Å². The second-order valence-electron chi connectivity index (χ2n) is 3.96. The zero-order chi connectivity index (χ0) is 14.4. The van der Waals surface area contributed by atoms with Crippen molar-refractivity contribution in [3.05, 3.63) is 33.3 Å². The number of nitro groups is 1. The van der Waals surface area contributed by atoms with Gasteiger partial charge in [-0.2, -0.15) is 0 Å². The van der Waals surface area contributed by atoms with Crippen LogP contribution in [-0.4, -0.2) is 22.1 Å². The van der Waals surface area contributed by atoms with Crippen molar-refractivity contribution in [1.82, 2.24) is 0 Å². The molecule has 7 heteroatoms. The van der Waals surface area contributed by atoms with Gasteiger partial charge in [-0.25, -0.2) is 4.79 Å². The van der Waals surface area contributed by atoms with E-state index < -0.39 is 17.0 Å². The summed E-state index contributed by atoms with van der Waals surface area (Å²) >= 11 is 5.74. The Hall–Kier alpha value is -1.82. The fourth-order valence-electron chi connectivity index (χ4n) is 1.51. The number of carboxylic acid groups (broad SMARTS) is 1. The van der Waals surface area contributed by atoms with Crippen molar-refractivity contribution in [3.63, 3.8) is 0 Å². The van der Waals surface area contributed by atoms with Gasteiger partial charge in [-0.15, -0.1) is 0 Å². The highest BCUT2D eigenvalue weighted by molar-refractivity contribution is 6.30. The first-order chi connectivity index (χ1) is 8.95. The van der Waals surface area contributed by atoms with Gasteiger partial charge in [-0.05, 0) is 18.9 Å². The third kappa shape index (κ3) is 4.40. The van der Waals surface area contributed by atoms with E-state index in [9.17, 15) is 14.9 Å². The maximum absolute atomic E-state index is 11.0. The Bertz CT molecular complexity index is 477. The first-order valence-electron chi connectivity index (χ1n) is 5.79. The summed E-state index contributed by atoms with van der Waals surface area (Å²) in [6, 6.07) is 3.80. The van der Waals surface area contributed by atoms with Gasteiger partial charge in [0.05, 0.1) is 4.92 Å². The minimum Gasteiger partial charge on any atom is -0.479 e. The molecule has 0 radical (unpaired) electrons. The molecule has 0 amide bonds. The summed E-state index contributed by atoms with van der Waals surface area (Å²) in [6.45, 7) is 1.92. The van der Waals surface area contributed by atoms with Crippen LogP contribution in [0.5, 0.6) is 5.75 Å². The average molecular weight is 288 g/mol. The lowest BCUT2D eigenvalue weighted by atomic mass is 10.1. The molecule has 104 valence electrons. The SMILES string of the molecule is CCCCC(Oc1cc(Cl)ccc1[N+](=O)[O-])C(=O)O. The zero-order valence-electron chi connectivity index (χ0n) is 10.3. The number of unbranched alkanes of at least 4 members (excludes halogenated alkanes) is 1. The van der Waals surface area contributed by atoms with Crippen LogP contribution in [-0.2, 0) is 4.79 Å². The monoisotopic (exact) mass is 287 g/mol. The Morgan fingerprint density at radius 3 is 2.79 bits per heavy atom. The van der Waals surface area contributed by atoms with Gasteiger partial charge in [0.1, 0.15) is 0 Å². The molecule has 6 nitrogen and oxygen atoms in total. The number of benzene rings is 1. The maximum atomic E-state index is 11.0. The van der Waals surface area contributed by atoms with Gasteiger partial charge >= 0.3 is 11.7 Å². The largest absolute Gasteiger partial charge is 0.479 e. The van der Waals surface area contributed by atoms with Crippen LogP contribution in [0.2, 0.25) is 5.02 Å². The van der Waals surface area contributed by atoms with E-state index in [1.165, 1.54) is 18.2 Å². The molecule has 1 aromatic rings. The molecule has 1 aromatic carbocycles. The molecule has 1 rings (SSSR count). The highest BCUT2D eigenvalue weighted by Gasteiger charge is 2.24. The first-order valence-corrected chi connectivity index (χ1v) is 6.17. The summed E-state index contributed by atoms with van der Waals surface area (Å²) in [5, 5.41) is 20.1. The highest BCUT2D eigenvalue weighted by Crippen LogP contribution is 2.31. The Morgan fingerprint density at radius 1 is 1.58 bits per heavy atom. The quantitative estimate of drug-likeness (QED) is 0.614. The van der Waals surface area contributed by atoms with Crippen molar-refractivity contribution in [3.8, 4) is 5.75 Å². The van der Waals surface area contributed by atoms with Crippen LogP contribution >= 0.6 is 11.6 Å². The average Bonchev–Trinajstić information content (AvgIpc) is 2.33. The van der Waals surface area contributed by atoms with E-state index in [2.05, 4.69) is 0 Å². The smallest absolute Gasteiger partial charge is 0.344 e. The van der Waals surface area contributed by atoms with E-state index in [1.807, 2.05) is 6.92 Å². The predicted octanol–water partition coefficient (Wildman–Crippen LogP) is 3.27. The number of hydrogen-bond acceptors (Lipinski definition) is 4. The normalized spacial score (nSPS) is 11.9. The molecule has 1 unspecified atom stereocenters. The number of hydrogen-bond donors (Lipinski definition) is 1. The molecule has 1 N–H and O–H groups in total. The third-order valence-electron chi connectivity index (χ3n) is 2.48. The van der Waals surface area contributed by atoms with E-state index in [0.717, 1.165) is 6.42 Å². The highest BCUT2D eigenvalue weighted by atomic mass is 35.5. The Kier molecular flexibility index (Phi) is 5.57. The van der Waals surface area contributed by atoms with Gasteiger partial charge in [0, 0.05) is 17.2 Å². The lowest BCUT2D eigenvalue weighted by Crippen LogP contribution is -2.27. The van der Waals surface area contributed by atoms with Gasteiger partial charge in [0.2, 0.25) is 0 Å². The maximum Gasteiger partial charge on any atom is 0.344 e. The van der Waals surface area contributed by atoms with Gasteiger partial charge in [-0.3, -0.25) is 10.1 Å². The molecule has 0 aliphatic rings. The third-order valence-corrected chi connectivity index (χ3v) is 2.72. The number of nitro benzene ring substituents is 1. The molecule has 0 spiro atoms. The number of aliphatic carboxylic acids is 1. The van der Waals surface area contributed by atoms with Crippen molar-refractivity contribution in [2.45, 2.75) is 32.3 Å². The second kappa shape index (κ2) is 6.94. The molecule has 0 bridgehead atoms. The fraction of sp³-hybridized carbons (Fsp3) is 0.417. The Balaban J connectivity index is 2.97. The zero-order valence-corrected chi connectivity index (χ0v) is 11.1. The number of ether oxygens (including phenoxy) is 1. The molecule has 0 aliphatic heterocycles. The molecule has 19 heavy (non-hydrogen) atoms. The molecule has 0 heterocycles. The van der Waals surface area contributed by atoms with Crippen LogP contribution in [0.4, 0.5) is 5.69 Å². The molecule has 1 atom stereocenters. The van der Waals surface area contributed by atoms with Crippen molar-refractivity contribution in [2.24, 2.45) is 0 Å². The standard InChI is InChI=1S/C12H14ClNO5/c1-2-3-4-10(12(15)16)19-11-7-8(13)5-6-9(11)14(17)18/h5-7,10H,2-4H2,1H3,(H,15,16). The summed E-state index contributed by atoms with van der Waals surface area (Å²) in [4.78, 5) is 21.2. The molecular weight excluding hydrogens is 274 g/mol. The number of carboxylic acids is 1. The van der Waals surface area contributed by atoms with Crippen LogP contribution < -0.4 is 4.74 Å². The minimum atomic E-state index is -1.15. The van der Waals surface area contributed by atoms with E-state index in [1.54, 1.807) is 0 Å². The van der Waals surface area contributed by atoms with Crippen LogP contribution in [0.1, 0.15) is 26.2 Å². The second-order valence-corrected chi connectivity index (χ2v) is 4.39. The topological polar surface area (TPSA) is 89.7 Å². The first kappa shape index (κ1) is 15.2. The van der Waals surface area contributed by atoms with Crippen LogP contribution in [0.25, 0.3) is 0 Å². The van der Waals surface area contributed by atoms with Crippen LogP contribution in [0.15, 0.2) is 18.2 Å². The van der Waals surface area contributed by atoms with Crippen LogP contribution in [0.3, 0.4) is 0 Å². The van der Waals surface area contributed by atoms with Gasteiger partial charge in [0.15, 0.2) is 11.9 Å². The molecule has 0 saturated carbocycles. The van der Waals surface area contributed by atoms with Crippen molar-refractivity contribution < 1.29 is 19.6 Å². The molecule has 0 aliphatic carbocycles. The van der Waals surface area contributed by atoms with Crippen molar-refractivity contribution in [1.29, 1.82) is 0 Å². The fourth-order valence-corrected chi connectivity index (χ4v) is 1.67. The predicted molar refractivity (Wildman–Crippen MR) is 69.7 cm³/mol. The lowest BCUT2D eigenvalue weighted by Gasteiger charge is -2.14. The molecular formula is C12H14ClNO5. The van der Waals surface area contributed by atoms with Crippen molar-refractivity contribution in [2.75, 3.05) is 0 Å². The number of carbonyl (C=O) groups is 1. The molecule has 0 saturated heterocycles. The Labute approximate surface area is 115 Å². The summed E-state index contributed by atoms with van der Waals surface area (Å²) in [5.74, 6) is -1.27. The van der Waals surface area contributed by atoms with Gasteiger partial charge in [0.25, 0.3) is 0 Å². The van der Waals surface area contributed by atoms with E-state index >= 15 is 0 Å². The number of rotatable bonds is 7. The molecule has 0 fully saturated rings. The Morgan fingerprint density at radius 2 is 2.26 bits per heavy atom. The van der Waals surface area contributed by atoms with Crippen molar-refractivity contribution >= 4 is 23.3 Å². The number of halogens is 1. The van der Waals surface area contributed by atoms with E-state index in [0.29, 0.717) is 6.42 Å². The molecule has 0 aromatic heterocycles. The van der Waals surface area contributed by atoms with E-state index in [4.69, 9.17) is 21.4 Å². The van der Waals surface area contributed by atoms with Crippen LogP contribution in [0, 0.1) is 10.1 Å². The lowest BCUT2D eigenvalue weighted by molar-refractivity contribution is -0.386. The van der Waals surface area contributed by atoms with E-state index in [-0.39, 0.29) is 22.9 Å². The summed E-state index contributed by atoms with van der Waals surface area (Å²) in [6.07, 6.45) is 0.642. The number of nitrogens with zero attached hydrogens (tertiary/aromatic N) is 1. The van der Waals surface area contributed by atoms with Gasteiger partial charge < -0.3 is 9.84 Å². The summed E-state index contributed by atoms with van der Waals surface area (Å²) in [5.41, 5.74) is -0.299. The minimum absolute atomic E-state index is 0.124. The summed E-state index contributed by atoms with van der Waals surface area (Å²) < 4.78 is 5.23. The summed E-state index contributed by atoms with van der Waals surface area (Å²) in [7, 11) is 0.